The second-order valence-corrected chi connectivity index (χ2v) is 6.11. The molecule has 2 aromatic rings. The van der Waals surface area contributed by atoms with Gasteiger partial charge in [-0.1, -0.05) is 12.5 Å². The van der Waals surface area contributed by atoms with Gasteiger partial charge in [-0.05, 0) is 43.2 Å². The van der Waals surface area contributed by atoms with Crippen LogP contribution in [0.25, 0.3) is 0 Å². The fraction of sp³-hybridized carbons (Fsp3) is 0.316. The lowest BCUT2D eigenvalue weighted by atomic mass is 9.63. The number of aliphatic hydroxyl groups excluding tert-OH is 1. The lowest BCUT2D eigenvalue weighted by Gasteiger charge is -2.40. The Morgan fingerprint density at radius 3 is 2.44 bits per heavy atom. The molecule has 1 saturated carbocycles. The molecule has 6 heteroatoms. The van der Waals surface area contributed by atoms with Gasteiger partial charge in [0.1, 0.15) is 24.0 Å². The molecule has 0 radical (unpaired) electrons. The third-order valence-corrected chi connectivity index (χ3v) is 4.56. The number of hydrogen-bond donors (Lipinski definition) is 2. The Morgan fingerprint density at radius 2 is 1.88 bits per heavy atom. The second-order valence-electron chi connectivity index (χ2n) is 6.11. The molecule has 1 amide bonds. The van der Waals surface area contributed by atoms with Gasteiger partial charge in [0.15, 0.2) is 0 Å². The van der Waals surface area contributed by atoms with Gasteiger partial charge in [-0.2, -0.15) is 0 Å². The number of nitrogens with one attached hydrogen (secondary N) is 1. The maximum Gasteiger partial charge on any atom is 0.235 e. The van der Waals surface area contributed by atoms with Crippen LogP contribution in [0.2, 0.25) is 0 Å². The van der Waals surface area contributed by atoms with E-state index < -0.39 is 17.0 Å². The first kappa shape index (κ1) is 17.4. The Kier molecular flexibility index (Phi) is 4.99. The summed E-state index contributed by atoms with van der Waals surface area (Å²) in [6.07, 6.45) is 1.87. The van der Waals surface area contributed by atoms with Gasteiger partial charge < -0.3 is 15.2 Å². The Bertz CT molecular complexity index is 758. The van der Waals surface area contributed by atoms with E-state index in [-0.39, 0.29) is 24.7 Å². The maximum absolute atomic E-state index is 14.2. The summed E-state index contributed by atoms with van der Waals surface area (Å²) < 4.78 is 32.6. The summed E-state index contributed by atoms with van der Waals surface area (Å²) in [4.78, 5) is 12.8. The Balaban J connectivity index is 1.76. The van der Waals surface area contributed by atoms with Crippen molar-refractivity contribution in [3.63, 3.8) is 0 Å². The summed E-state index contributed by atoms with van der Waals surface area (Å²) in [5, 5.41) is 11.5. The standard InChI is InChI=1S/C19H19F2NO3/c20-13-2-7-16(17(21)12-13)19(8-1-9-19)18(24)22-14-3-5-15(6-4-14)25-11-10-23/h2-7,12,23H,1,8-11H2,(H,22,24). The molecule has 0 unspecified atom stereocenters. The number of amides is 1. The normalized spacial score (nSPS) is 15.3. The summed E-state index contributed by atoms with van der Waals surface area (Å²) in [6, 6.07) is 10.1. The van der Waals surface area contributed by atoms with Crippen LogP contribution in [-0.2, 0) is 10.2 Å². The third kappa shape index (κ3) is 3.49. The van der Waals surface area contributed by atoms with Crippen molar-refractivity contribution in [2.24, 2.45) is 0 Å². The van der Waals surface area contributed by atoms with Gasteiger partial charge in [0.2, 0.25) is 5.91 Å². The van der Waals surface area contributed by atoms with Crippen molar-refractivity contribution < 1.29 is 23.4 Å². The van der Waals surface area contributed by atoms with Crippen LogP contribution in [0.5, 0.6) is 5.75 Å². The van der Waals surface area contributed by atoms with Crippen molar-refractivity contribution >= 4 is 11.6 Å². The molecule has 1 aliphatic carbocycles. The first-order chi connectivity index (χ1) is 12.0. The fourth-order valence-electron chi connectivity index (χ4n) is 3.08. The fourth-order valence-corrected chi connectivity index (χ4v) is 3.08. The Morgan fingerprint density at radius 1 is 1.16 bits per heavy atom. The van der Waals surface area contributed by atoms with Crippen molar-refractivity contribution in [2.45, 2.75) is 24.7 Å². The van der Waals surface area contributed by atoms with Gasteiger partial charge >= 0.3 is 0 Å². The van der Waals surface area contributed by atoms with Crippen molar-refractivity contribution in [3.05, 3.63) is 59.7 Å². The van der Waals surface area contributed by atoms with E-state index in [2.05, 4.69) is 5.32 Å². The maximum atomic E-state index is 14.2. The lowest BCUT2D eigenvalue weighted by molar-refractivity contribution is -0.124. The predicted octanol–water partition coefficient (Wildman–Crippen LogP) is 3.40. The molecule has 0 aromatic heterocycles. The highest BCUT2D eigenvalue weighted by Gasteiger charge is 2.47. The highest BCUT2D eigenvalue weighted by Crippen LogP contribution is 2.45. The molecule has 3 rings (SSSR count). The summed E-state index contributed by atoms with van der Waals surface area (Å²) >= 11 is 0. The van der Waals surface area contributed by atoms with Gasteiger partial charge in [-0.25, -0.2) is 8.78 Å². The van der Waals surface area contributed by atoms with Crippen molar-refractivity contribution in [3.8, 4) is 5.75 Å². The first-order valence-electron chi connectivity index (χ1n) is 8.16. The van der Waals surface area contributed by atoms with E-state index in [1.165, 1.54) is 12.1 Å². The van der Waals surface area contributed by atoms with E-state index in [9.17, 15) is 13.6 Å². The van der Waals surface area contributed by atoms with E-state index in [0.29, 0.717) is 24.3 Å². The van der Waals surface area contributed by atoms with Gasteiger partial charge in [-0.3, -0.25) is 4.79 Å². The molecule has 25 heavy (non-hydrogen) atoms. The summed E-state index contributed by atoms with van der Waals surface area (Å²) in [5.41, 5.74) is -0.153. The quantitative estimate of drug-likeness (QED) is 0.842. The van der Waals surface area contributed by atoms with Crippen LogP contribution in [0.4, 0.5) is 14.5 Å². The molecular weight excluding hydrogens is 328 g/mol. The molecule has 0 aliphatic heterocycles. The minimum Gasteiger partial charge on any atom is -0.491 e. The van der Waals surface area contributed by atoms with Crippen molar-refractivity contribution in [2.75, 3.05) is 18.5 Å². The van der Waals surface area contributed by atoms with Gasteiger partial charge in [0.05, 0.1) is 12.0 Å². The predicted molar refractivity (Wildman–Crippen MR) is 89.5 cm³/mol. The number of anilines is 1. The first-order valence-corrected chi connectivity index (χ1v) is 8.16. The highest BCUT2D eigenvalue weighted by molar-refractivity contribution is 6.00. The molecule has 132 valence electrons. The zero-order chi connectivity index (χ0) is 17.9. The summed E-state index contributed by atoms with van der Waals surface area (Å²) in [5.74, 6) is -1.07. The number of carbonyl (C=O) groups excluding carboxylic acids is 1. The third-order valence-electron chi connectivity index (χ3n) is 4.56. The number of hydrogen-bond acceptors (Lipinski definition) is 3. The summed E-state index contributed by atoms with van der Waals surface area (Å²) in [6.45, 7) is 0.114. The van der Waals surface area contributed by atoms with E-state index >= 15 is 0 Å². The zero-order valence-corrected chi connectivity index (χ0v) is 13.6. The monoisotopic (exact) mass is 347 g/mol. The molecule has 2 aromatic carbocycles. The SMILES string of the molecule is O=C(Nc1ccc(OCCO)cc1)C1(c2ccc(F)cc2F)CCC1. The summed E-state index contributed by atoms with van der Waals surface area (Å²) in [7, 11) is 0. The highest BCUT2D eigenvalue weighted by atomic mass is 19.1. The number of ether oxygens (including phenoxy) is 1. The molecule has 1 fully saturated rings. The zero-order valence-electron chi connectivity index (χ0n) is 13.6. The number of rotatable bonds is 6. The van der Waals surface area contributed by atoms with Crippen LogP contribution in [0.1, 0.15) is 24.8 Å². The van der Waals surface area contributed by atoms with Gasteiger partial charge in [0, 0.05) is 17.3 Å². The second kappa shape index (κ2) is 7.19. The largest absolute Gasteiger partial charge is 0.491 e. The topological polar surface area (TPSA) is 58.6 Å². The molecule has 0 saturated heterocycles. The molecule has 4 nitrogen and oxygen atoms in total. The van der Waals surface area contributed by atoms with Crippen LogP contribution in [-0.4, -0.2) is 24.2 Å². The van der Waals surface area contributed by atoms with Crippen LogP contribution in [0.15, 0.2) is 42.5 Å². The van der Waals surface area contributed by atoms with Gasteiger partial charge in [-0.15, -0.1) is 0 Å². The number of halogens is 2. The number of carbonyl (C=O) groups is 1. The van der Waals surface area contributed by atoms with E-state index in [0.717, 1.165) is 12.5 Å². The number of benzene rings is 2. The molecular formula is C19H19F2NO3. The molecule has 0 spiro atoms. The Labute approximate surface area is 144 Å². The minimum atomic E-state index is -0.955. The molecule has 0 heterocycles. The van der Waals surface area contributed by atoms with Crippen molar-refractivity contribution in [1.29, 1.82) is 0 Å². The minimum absolute atomic E-state index is 0.0791. The Hall–Kier alpha value is -2.47. The molecule has 1 aliphatic rings. The average molecular weight is 347 g/mol. The van der Waals surface area contributed by atoms with E-state index in [1.54, 1.807) is 24.3 Å². The van der Waals surface area contributed by atoms with Crippen LogP contribution in [0, 0.1) is 11.6 Å². The number of aliphatic hydroxyl groups is 1. The van der Waals surface area contributed by atoms with Crippen LogP contribution >= 0.6 is 0 Å². The lowest BCUT2D eigenvalue weighted by Crippen LogP contribution is -2.46. The van der Waals surface area contributed by atoms with Crippen LogP contribution < -0.4 is 10.1 Å². The molecule has 0 atom stereocenters. The van der Waals surface area contributed by atoms with E-state index in [1.807, 2.05) is 0 Å². The van der Waals surface area contributed by atoms with Crippen molar-refractivity contribution in [1.82, 2.24) is 0 Å². The van der Waals surface area contributed by atoms with Gasteiger partial charge in [0.25, 0.3) is 0 Å². The average Bonchev–Trinajstić information content (AvgIpc) is 2.55. The van der Waals surface area contributed by atoms with E-state index in [4.69, 9.17) is 9.84 Å². The molecule has 2 N–H and O–H groups in total. The smallest absolute Gasteiger partial charge is 0.235 e. The van der Waals surface area contributed by atoms with Crippen LogP contribution in [0.3, 0.4) is 0 Å². The molecule has 0 bridgehead atoms.